The molecule has 0 spiro atoms. The van der Waals surface area contributed by atoms with Gasteiger partial charge in [-0.25, -0.2) is 0 Å². The zero-order chi connectivity index (χ0) is 10.4. The van der Waals surface area contributed by atoms with Crippen molar-refractivity contribution in [1.82, 2.24) is 5.32 Å². The van der Waals surface area contributed by atoms with Gasteiger partial charge in [0.2, 0.25) is 0 Å². The minimum absolute atomic E-state index is 0.597. The molecule has 1 heteroatoms. The van der Waals surface area contributed by atoms with Gasteiger partial charge >= 0.3 is 0 Å². The molecule has 0 bridgehead atoms. The zero-order valence-electron chi connectivity index (χ0n) is 10.2. The van der Waals surface area contributed by atoms with Crippen molar-refractivity contribution in [2.45, 2.75) is 71.8 Å². The van der Waals surface area contributed by atoms with E-state index in [0.29, 0.717) is 11.5 Å². The lowest BCUT2D eigenvalue weighted by atomic mass is 9.75. The molecule has 1 N–H and O–H groups in total. The lowest BCUT2D eigenvalue weighted by Gasteiger charge is -2.34. The average molecular weight is 197 g/mol. The molecule has 1 aliphatic rings. The average Bonchev–Trinajstić information content (AvgIpc) is 2.17. The van der Waals surface area contributed by atoms with Gasteiger partial charge in [-0.3, -0.25) is 0 Å². The molecule has 0 aromatic carbocycles. The molecule has 0 radical (unpaired) electrons. The molecule has 0 heterocycles. The first-order chi connectivity index (χ1) is 6.66. The Bertz CT molecular complexity index is 147. The summed E-state index contributed by atoms with van der Waals surface area (Å²) in [5.41, 5.74) is 0.597. The van der Waals surface area contributed by atoms with Gasteiger partial charge < -0.3 is 5.32 Å². The van der Waals surface area contributed by atoms with Crippen LogP contribution in [-0.4, -0.2) is 12.6 Å². The second-order valence-electron chi connectivity index (χ2n) is 5.44. The van der Waals surface area contributed by atoms with Gasteiger partial charge in [-0.05, 0) is 31.6 Å². The van der Waals surface area contributed by atoms with Crippen LogP contribution >= 0.6 is 0 Å². The normalized spacial score (nSPS) is 23.4. The highest BCUT2D eigenvalue weighted by atomic mass is 14.9. The molecule has 1 aliphatic carbocycles. The lowest BCUT2D eigenvalue weighted by Crippen LogP contribution is -2.38. The Morgan fingerprint density at radius 1 is 1.21 bits per heavy atom. The molecular formula is C13H27N. The number of nitrogens with one attached hydrogen (secondary N) is 1. The maximum Gasteiger partial charge on any atom is 0.00388 e. The minimum atomic E-state index is 0.597. The molecule has 0 aromatic heterocycles. The predicted molar refractivity (Wildman–Crippen MR) is 63.6 cm³/mol. The molecular weight excluding hydrogens is 170 g/mol. The highest BCUT2D eigenvalue weighted by Gasteiger charge is 2.26. The maximum absolute atomic E-state index is 3.69. The van der Waals surface area contributed by atoms with Gasteiger partial charge in [-0.2, -0.15) is 0 Å². The molecule has 1 fully saturated rings. The molecule has 14 heavy (non-hydrogen) atoms. The Balaban J connectivity index is 2.21. The van der Waals surface area contributed by atoms with E-state index in [1.165, 1.54) is 51.5 Å². The van der Waals surface area contributed by atoms with Crippen LogP contribution in [0.2, 0.25) is 0 Å². The van der Waals surface area contributed by atoms with Crippen LogP contribution in [0.15, 0.2) is 0 Å². The summed E-state index contributed by atoms with van der Waals surface area (Å²) in [6, 6.07) is 0.707. The van der Waals surface area contributed by atoms with Crippen LogP contribution in [0.5, 0.6) is 0 Å². The SMILES string of the molecule is CCCC(C)NCC1(C)CCCCC1. The van der Waals surface area contributed by atoms with E-state index in [1.54, 1.807) is 0 Å². The van der Waals surface area contributed by atoms with Crippen LogP contribution in [-0.2, 0) is 0 Å². The van der Waals surface area contributed by atoms with Crippen molar-refractivity contribution < 1.29 is 0 Å². The monoisotopic (exact) mass is 197 g/mol. The molecule has 1 nitrogen and oxygen atoms in total. The maximum atomic E-state index is 3.69. The van der Waals surface area contributed by atoms with E-state index in [1.807, 2.05) is 0 Å². The highest BCUT2D eigenvalue weighted by molar-refractivity contribution is 4.81. The van der Waals surface area contributed by atoms with Crippen molar-refractivity contribution in [3.05, 3.63) is 0 Å². The van der Waals surface area contributed by atoms with Crippen LogP contribution in [0.25, 0.3) is 0 Å². The first-order valence-electron chi connectivity index (χ1n) is 6.40. The van der Waals surface area contributed by atoms with Crippen molar-refractivity contribution in [2.75, 3.05) is 6.54 Å². The van der Waals surface area contributed by atoms with E-state index >= 15 is 0 Å². The van der Waals surface area contributed by atoms with E-state index in [-0.39, 0.29) is 0 Å². The summed E-state index contributed by atoms with van der Waals surface area (Å²) in [6.45, 7) is 8.27. The molecule has 1 atom stereocenters. The first kappa shape index (κ1) is 12.0. The standard InChI is InChI=1S/C13H27N/c1-4-8-12(2)14-11-13(3)9-6-5-7-10-13/h12,14H,4-11H2,1-3H3. The molecule has 0 saturated heterocycles. The van der Waals surface area contributed by atoms with Crippen LogP contribution in [0.4, 0.5) is 0 Å². The lowest BCUT2D eigenvalue weighted by molar-refractivity contribution is 0.200. The summed E-state index contributed by atoms with van der Waals surface area (Å²) in [5.74, 6) is 0. The van der Waals surface area contributed by atoms with Gasteiger partial charge in [-0.1, -0.05) is 39.5 Å². The Morgan fingerprint density at radius 2 is 1.86 bits per heavy atom. The van der Waals surface area contributed by atoms with E-state index in [2.05, 4.69) is 26.1 Å². The minimum Gasteiger partial charge on any atom is -0.314 e. The predicted octanol–water partition coefficient (Wildman–Crippen LogP) is 3.74. The third kappa shape index (κ3) is 4.00. The van der Waals surface area contributed by atoms with Crippen molar-refractivity contribution in [2.24, 2.45) is 5.41 Å². The molecule has 0 aromatic rings. The number of hydrogen-bond donors (Lipinski definition) is 1. The Hall–Kier alpha value is -0.0400. The Kier molecular flexibility index (Phi) is 4.94. The molecule has 1 rings (SSSR count). The van der Waals surface area contributed by atoms with Crippen LogP contribution < -0.4 is 5.32 Å². The zero-order valence-corrected chi connectivity index (χ0v) is 10.2. The summed E-state index contributed by atoms with van der Waals surface area (Å²) in [5, 5.41) is 3.69. The summed E-state index contributed by atoms with van der Waals surface area (Å²) >= 11 is 0. The molecule has 0 aliphatic heterocycles. The largest absolute Gasteiger partial charge is 0.314 e. The number of rotatable bonds is 5. The third-order valence-electron chi connectivity index (χ3n) is 3.66. The summed E-state index contributed by atoms with van der Waals surface area (Å²) in [7, 11) is 0. The van der Waals surface area contributed by atoms with Gasteiger partial charge in [0, 0.05) is 12.6 Å². The van der Waals surface area contributed by atoms with E-state index < -0.39 is 0 Å². The topological polar surface area (TPSA) is 12.0 Å². The summed E-state index contributed by atoms with van der Waals surface area (Å²) < 4.78 is 0. The van der Waals surface area contributed by atoms with Gasteiger partial charge in [0.25, 0.3) is 0 Å². The number of hydrogen-bond acceptors (Lipinski definition) is 1. The first-order valence-corrected chi connectivity index (χ1v) is 6.40. The van der Waals surface area contributed by atoms with Gasteiger partial charge in [0.1, 0.15) is 0 Å². The molecule has 1 saturated carbocycles. The quantitative estimate of drug-likeness (QED) is 0.708. The van der Waals surface area contributed by atoms with Crippen molar-refractivity contribution >= 4 is 0 Å². The second-order valence-corrected chi connectivity index (χ2v) is 5.44. The van der Waals surface area contributed by atoms with Crippen LogP contribution in [0, 0.1) is 5.41 Å². The summed E-state index contributed by atoms with van der Waals surface area (Å²) in [6.07, 6.45) is 9.82. The van der Waals surface area contributed by atoms with Crippen LogP contribution in [0.1, 0.15) is 65.7 Å². The van der Waals surface area contributed by atoms with Gasteiger partial charge in [-0.15, -0.1) is 0 Å². The van der Waals surface area contributed by atoms with E-state index in [0.717, 1.165) is 0 Å². The van der Waals surface area contributed by atoms with E-state index in [9.17, 15) is 0 Å². The van der Waals surface area contributed by atoms with Crippen LogP contribution in [0.3, 0.4) is 0 Å². The fraction of sp³-hybridized carbons (Fsp3) is 1.00. The Morgan fingerprint density at radius 3 is 2.43 bits per heavy atom. The van der Waals surface area contributed by atoms with Gasteiger partial charge in [0.05, 0.1) is 0 Å². The van der Waals surface area contributed by atoms with Gasteiger partial charge in [0.15, 0.2) is 0 Å². The van der Waals surface area contributed by atoms with Crippen molar-refractivity contribution in [1.29, 1.82) is 0 Å². The third-order valence-corrected chi connectivity index (χ3v) is 3.66. The van der Waals surface area contributed by atoms with E-state index in [4.69, 9.17) is 0 Å². The fourth-order valence-electron chi connectivity index (χ4n) is 2.54. The van der Waals surface area contributed by atoms with Crippen molar-refractivity contribution in [3.63, 3.8) is 0 Å². The molecule has 1 unspecified atom stereocenters. The molecule has 84 valence electrons. The fourth-order valence-corrected chi connectivity index (χ4v) is 2.54. The van der Waals surface area contributed by atoms with Crippen molar-refractivity contribution in [3.8, 4) is 0 Å². The highest BCUT2D eigenvalue weighted by Crippen LogP contribution is 2.35. The second kappa shape index (κ2) is 5.75. The molecule has 0 amide bonds. The summed E-state index contributed by atoms with van der Waals surface area (Å²) in [4.78, 5) is 0. The Labute approximate surface area is 89.7 Å². The smallest absolute Gasteiger partial charge is 0.00388 e.